The largest absolute Gasteiger partial charge is 0.534 e. The Balaban J connectivity index is 0.000000540. The highest BCUT2D eigenvalue weighted by molar-refractivity contribution is 7.88. The lowest BCUT2D eigenvalue weighted by Gasteiger charge is -2.20. The van der Waals surface area contributed by atoms with Crippen molar-refractivity contribution in [3.05, 3.63) is 36.6 Å². The van der Waals surface area contributed by atoms with Crippen molar-refractivity contribution in [2.24, 2.45) is 17.8 Å². The van der Waals surface area contributed by atoms with E-state index in [1.165, 1.54) is 13.8 Å². The minimum Gasteiger partial charge on any atom is -0.396 e. The van der Waals surface area contributed by atoms with Gasteiger partial charge in [-0.15, -0.1) is 0 Å². The third-order valence-electron chi connectivity index (χ3n) is 9.16. The van der Waals surface area contributed by atoms with Crippen molar-refractivity contribution in [3.8, 4) is 0 Å². The van der Waals surface area contributed by atoms with Gasteiger partial charge in [0.15, 0.2) is 0 Å². The molecule has 11 nitrogen and oxygen atoms in total. The van der Waals surface area contributed by atoms with Crippen molar-refractivity contribution >= 4 is 26.2 Å². The molecule has 2 heterocycles. The molecule has 0 radical (unpaired) electrons. The number of alkyl halides is 6. The third-order valence-corrected chi connectivity index (χ3v) is 11.1. The lowest BCUT2D eigenvalue weighted by molar-refractivity contribution is -0.140. The molecular formula is C35H56F6O11S2. The maximum atomic E-state index is 12.3. The van der Waals surface area contributed by atoms with Crippen LogP contribution in [0, 0.1) is 17.8 Å². The monoisotopic (exact) mass is 830 g/mol. The number of unbranched alkanes of at least 4 members (excludes halogenated alkanes) is 1. The number of ether oxygens (including phenoxy) is 2. The fourth-order valence-corrected chi connectivity index (χ4v) is 7.01. The van der Waals surface area contributed by atoms with Gasteiger partial charge in [-0.3, -0.25) is 4.79 Å². The zero-order valence-electron chi connectivity index (χ0n) is 31.3. The van der Waals surface area contributed by atoms with Crippen molar-refractivity contribution in [1.82, 2.24) is 0 Å². The Labute approximate surface area is 315 Å². The number of halogens is 6. The zero-order valence-corrected chi connectivity index (χ0v) is 32.9. The predicted molar refractivity (Wildman–Crippen MR) is 188 cm³/mol. The van der Waals surface area contributed by atoms with Gasteiger partial charge in [-0.2, -0.15) is 43.2 Å². The second-order valence-electron chi connectivity index (χ2n) is 14.2. The van der Waals surface area contributed by atoms with Crippen molar-refractivity contribution in [1.29, 1.82) is 0 Å². The Morgan fingerprint density at radius 3 is 1.72 bits per heavy atom. The number of carbonyl (C=O) groups excluding carboxylic acids is 1. The molecule has 0 bridgehead atoms. The van der Waals surface area contributed by atoms with Crippen LogP contribution in [-0.4, -0.2) is 81.2 Å². The number of carbonyl (C=O) groups is 1. The van der Waals surface area contributed by atoms with E-state index in [0.29, 0.717) is 38.5 Å². The first kappa shape index (κ1) is 49.8. The first-order chi connectivity index (χ1) is 24.7. The van der Waals surface area contributed by atoms with E-state index in [2.05, 4.69) is 35.0 Å². The van der Waals surface area contributed by atoms with Gasteiger partial charge in [0.2, 0.25) is 0 Å². The number of hydrogen-bond acceptors (Lipinski definition) is 11. The molecule has 0 aromatic rings. The molecule has 19 heteroatoms. The summed E-state index contributed by atoms with van der Waals surface area (Å²) >= 11 is 0. The van der Waals surface area contributed by atoms with Gasteiger partial charge in [0, 0.05) is 12.5 Å². The normalized spacial score (nSPS) is 23.3. The third kappa shape index (κ3) is 16.9. The van der Waals surface area contributed by atoms with Crippen LogP contribution in [-0.2, 0) is 42.9 Å². The molecule has 316 valence electrons. The number of rotatable bonds is 21. The van der Waals surface area contributed by atoms with Gasteiger partial charge in [0.1, 0.15) is 5.76 Å². The van der Waals surface area contributed by atoms with E-state index in [4.69, 9.17) is 14.6 Å². The van der Waals surface area contributed by atoms with Crippen molar-refractivity contribution < 1.29 is 76.0 Å². The van der Waals surface area contributed by atoms with Crippen LogP contribution >= 0.6 is 0 Å². The van der Waals surface area contributed by atoms with Gasteiger partial charge in [-0.25, -0.2) is 0 Å². The molecule has 2 fully saturated rings. The topological polar surface area (TPSA) is 163 Å². The molecule has 0 aliphatic carbocycles. The Morgan fingerprint density at radius 2 is 1.26 bits per heavy atom. The van der Waals surface area contributed by atoms with Gasteiger partial charge in [-0.05, 0) is 87.7 Å². The van der Waals surface area contributed by atoms with Gasteiger partial charge in [0.25, 0.3) is 0 Å². The van der Waals surface area contributed by atoms with Crippen molar-refractivity contribution in [3.63, 3.8) is 0 Å². The highest BCUT2D eigenvalue weighted by Crippen LogP contribution is 2.34. The van der Waals surface area contributed by atoms with E-state index in [0.717, 1.165) is 43.3 Å². The Morgan fingerprint density at radius 1 is 0.796 bits per heavy atom. The molecule has 0 saturated carbocycles. The average Bonchev–Trinajstić information content (AvgIpc) is 3.59. The maximum Gasteiger partial charge on any atom is 0.534 e. The van der Waals surface area contributed by atoms with Crippen LogP contribution in [0.1, 0.15) is 111 Å². The van der Waals surface area contributed by atoms with Crippen molar-refractivity contribution in [2.45, 2.75) is 153 Å². The highest BCUT2D eigenvalue weighted by atomic mass is 32.2. The first-order valence-corrected chi connectivity index (χ1v) is 20.7. The summed E-state index contributed by atoms with van der Waals surface area (Å²) < 4.78 is 137. The van der Waals surface area contributed by atoms with Gasteiger partial charge in [0.05, 0.1) is 36.4 Å². The van der Waals surface area contributed by atoms with Crippen LogP contribution in [0.4, 0.5) is 26.3 Å². The standard InChI is InChI=1S/C18H29F3O5S.C17H27F3O6S/c1-5-6-7-15-11-13(3)16(25-15)9-8-12(2)10-14(4)17(22)26-27(23,24)18(19,20)21;1-11(13(3)26-27(23,24)17(18,19)20)9-14(22)6-7-16-12(2)10-15(25-16)5-4-8-21/h12,14-16H,3,5-11H2,1-2,4H3;11,14-16,21-22H,2-10H2,1H3/t12-,14-,15+,16+;11-,14-,15+,16+/m11/s1. The molecule has 8 atom stereocenters. The average molecular weight is 831 g/mol. The summed E-state index contributed by atoms with van der Waals surface area (Å²) in [4.78, 5) is 11.7. The Hall–Kier alpha value is -2.19. The first-order valence-electron chi connectivity index (χ1n) is 17.9. The van der Waals surface area contributed by atoms with Gasteiger partial charge in [-0.1, -0.05) is 60.3 Å². The molecule has 54 heavy (non-hydrogen) atoms. The minimum absolute atomic E-state index is 0.000647. The summed E-state index contributed by atoms with van der Waals surface area (Å²) in [6.45, 7) is 18.1. The van der Waals surface area contributed by atoms with E-state index in [1.54, 1.807) is 0 Å². The number of aliphatic hydroxyl groups is 2. The summed E-state index contributed by atoms with van der Waals surface area (Å²) in [5.74, 6) is -3.71. The quantitative estimate of drug-likeness (QED) is 0.0383. The molecule has 0 spiro atoms. The summed E-state index contributed by atoms with van der Waals surface area (Å²) in [5, 5.41) is 18.9. The highest BCUT2D eigenvalue weighted by Gasteiger charge is 2.50. The molecule has 2 rings (SSSR count). The number of aliphatic hydroxyl groups excluding tert-OH is 2. The van der Waals surface area contributed by atoms with Crippen LogP contribution in [0.3, 0.4) is 0 Å². The maximum absolute atomic E-state index is 12.3. The summed E-state index contributed by atoms with van der Waals surface area (Å²) in [6.07, 6.45) is 7.54. The predicted octanol–water partition coefficient (Wildman–Crippen LogP) is 7.75. The molecule has 2 saturated heterocycles. The molecule has 2 aliphatic heterocycles. The zero-order chi connectivity index (χ0) is 41.7. The Kier molecular flexibility index (Phi) is 20.2. The fraction of sp³-hybridized carbons (Fsp3) is 0.800. The van der Waals surface area contributed by atoms with Crippen LogP contribution < -0.4 is 0 Å². The van der Waals surface area contributed by atoms with Crippen LogP contribution in [0.5, 0.6) is 0 Å². The lowest BCUT2D eigenvalue weighted by atomic mass is 9.91. The smallest absolute Gasteiger partial charge is 0.396 e. The fourth-order valence-electron chi connectivity index (χ4n) is 6.00. The second-order valence-corrected chi connectivity index (χ2v) is 17.2. The van der Waals surface area contributed by atoms with Crippen LogP contribution in [0.25, 0.3) is 0 Å². The van der Waals surface area contributed by atoms with Gasteiger partial charge < -0.3 is 28.1 Å². The molecule has 0 aromatic heterocycles. The van der Waals surface area contributed by atoms with E-state index >= 15 is 0 Å². The molecule has 2 N–H and O–H groups in total. The minimum atomic E-state index is -5.91. The molecular weight excluding hydrogens is 774 g/mol. The van der Waals surface area contributed by atoms with Gasteiger partial charge >= 0.3 is 37.2 Å². The Bertz CT molecular complexity index is 1340. The molecule has 0 unspecified atom stereocenters. The molecule has 0 aromatic carbocycles. The summed E-state index contributed by atoms with van der Waals surface area (Å²) in [5.41, 5.74) is -9.18. The SMILES string of the molecule is C=C(OS(=O)(=O)C(F)(F)F)[C@H](C)C[C@H](O)CC[C@@H]1O[C@@H](CCCO)CC1=C.C=C1C[C@H](CCCC)O[C@H]1CC[C@@H](C)C[C@@H](C)C(=O)OS(=O)(=O)C(F)(F)F. The lowest BCUT2D eigenvalue weighted by Crippen LogP contribution is -2.30. The van der Waals surface area contributed by atoms with E-state index in [9.17, 15) is 53.1 Å². The van der Waals surface area contributed by atoms with Crippen LogP contribution in [0.15, 0.2) is 36.6 Å². The second kappa shape index (κ2) is 21.9. The van der Waals surface area contributed by atoms with E-state index < -0.39 is 60.9 Å². The van der Waals surface area contributed by atoms with E-state index in [1.807, 2.05) is 6.92 Å². The summed E-state index contributed by atoms with van der Waals surface area (Å²) in [6, 6.07) is 0. The van der Waals surface area contributed by atoms with Crippen LogP contribution in [0.2, 0.25) is 0 Å². The molecule has 2 aliphatic rings. The molecule has 0 amide bonds. The number of hydrogen-bond donors (Lipinski definition) is 2. The summed E-state index contributed by atoms with van der Waals surface area (Å²) in [7, 11) is -11.7. The van der Waals surface area contributed by atoms with Crippen molar-refractivity contribution in [2.75, 3.05) is 6.61 Å². The number of allylic oxidation sites excluding steroid dienone is 1. The van der Waals surface area contributed by atoms with E-state index in [-0.39, 0.29) is 49.8 Å².